The third-order valence-corrected chi connectivity index (χ3v) is 5.84. The molecule has 0 aliphatic heterocycles. The standard InChI is InChI=1S/C21H24FNO3S/c1-21(2,3)27(25)23-12-19(22)16-6-4-5-15(11-16)18-10-14(13-24)9-17-7-8-26-20(17)18/h4-11,19,23-24H,12-13H2,1-3H3/t19-,27+/m0/s1. The van der Waals surface area contributed by atoms with Crippen molar-refractivity contribution >= 4 is 22.3 Å². The second kappa shape index (κ2) is 8.02. The van der Waals surface area contributed by atoms with Gasteiger partial charge in [-0.2, -0.15) is 0 Å². The van der Waals surface area contributed by atoms with Gasteiger partial charge < -0.3 is 14.1 Å². The largest absolute Gasteiger partial charge is 0.598 e. The number of hydrogen-bond donors (Lipinski definition) is 2. The van der Waals surface area contributed by atoms with Crippen LogP contribution in [-0.4, -0.2) is 21.0 Å². The molecule has 3 aromatic rings. The molecular weight excluding hydrogens is 365 g/mol. The fourth-order valence-electron chi connectivity index (χ4n) is 2.83. The molecule has 144 valence electrons. The Labute approximate surface area is 161 Å². The molecule has 0 amide bonds. The Bertz CT molecular complexity index is 919. The molecule has 3 rings (SSSR count). The second-order valence-corrected chi connectivity index (χ2v) is 9.51. The first kappa shape index (κ1) is 19.9. The second-order valence-electron chi connectivity index (χ2n) is 7.46. The van der Waals surface area contributed by atoms with Crippen LogP contribution in [-0.2, 0) is 18.0 Å². The van der Waals surface area contributed by atoms with Gasteiger partial charge in [-0.25, -0.2) is 4.39 Å². The summed E-state index contributed by atoms with van der Waals surface area (Å²) in [7, 11) is 0. The Balaban J connectivity index is 1.87. The Morgan fingerprint density at radius 2 is 2.00 bits per heavy atom. The maximum atomic E-state index is 14.7. The van der Waals surface area contributed by atoms with Crippen LogP contribution in [0.15, 0.2) is 53.1 Å². The number of fused-ring (bicyclic) bond motifs is 1. The number of furan rings is 1. The molecular formula is C21H24FNO3S. The van der Waals surface area contributed by atoms with Gasteiger partial charge in [-0.15, -0.1) is 4.72 Å². The van der Waals surface area contributed by atoms with Crippen LogP contribution in [0.5, 0.6) is 0 Å². The van der Waals surface area contributed by atoms with Gasteiger partial charge in [0, 0.05) is 22.3 Å². The molecule has 0 saturated heterocycles. The van der Waals surface area contributed by atoms with E-state index in [1.165, 1.54) is 0 Å². The van der Waals surface area contributed by atoms with Crippen LogP contribution < -0.4 is 4.72 Å². The number of aliphatic hydroxyl groups excluding tert-OH is 1. The quantitative estimate of drug-likeness (QED) is 0.602. The number of rotatable bonds is 6. The van der Waals surface area contributed by atoms with Gasteiger partial charge >= 0.3 is 0 Å². The average Bonchev–Trinajstić information content (AvgIpc) is 3.12. The first-order valence-corrected chi connectivity index (χ1v) is 9.95. The third-order valence-electron chi connectivity index (χ3n) is 4.30. The zero-order chi connectivity index (χ0) is 19.6. The van der Waals surface area contributed by atoms with Crippen LogP contribution in [0.3, 0.4) is 0 Å². The molecule has 2 aromatic carbocycles. The highest BCUT2D eigenvalue weighted by Crippen LogP contribution is 2.33. The summed E-state index contributed by atoms with van der Waals surface area (Å²) in [5, 5.41) is 10.4. The van der Waals surface area contributed by atoms with Gasteiger partial charge in [0.1, 0.15) is 16.5 Å². The molecule has 6 heteroatoms. The number of benzene rings is 2. The normalized spacial score (nSPS) is 14.4. The Morgan fingerprint density at radius 1 is 1.22 bits per heavy atom. The fraction of sp³-hybridized carbons (Fsp3) is 0.333. The summed E-state index contributed by atoms with van der Waals surface area (Å²) in [6.07, 6.45) is 0.312. The number of hydrogen-bond acceptors (Lipinski definition) is 4. The summed E-state index contributed by atoms with van der Waals surface area (Å²) in [5.41, 5.74) is 3.58. The molecule has 0 aliphatic rings. The number of alkyl halides is 1. The fourth-order valence-corrected chi connectivity index (χ4v) is 3.56. The van der Waals surface area contributed by atoms with E-state index >= 15 is 0 Å². The van der Waals surface area contributed by atoms with Crippen LogP contribution in [0, 0.1) is 0 Å². The van der Waals surface area contributed by atoms with Crippen LogP contribution in [0.2, 0.25) is 0 Å². The minimum atomic E-state index is -1.32. The first-order valence-electron chi connectivity index (χ1n) is 8.80. The molecule has 0 unspecified atom stereocenters. The highest BCUT2D eigenvalue weighted by atomic mass is 32.2. The third kappa shape index (κ3) is 4.52. The van der Waals surface area contributed by atoms with E-state index in [0.29, 0.717) is 11.1 Å². The van der Waals surface area contributed by atoms with Crippen molar-refractivity contribution in [3.05, 3.63) is 59.9 Å². The molecule has 0 aliphatic carbocycles. The smallest absolute Gasteiger partial charge is 0.142 e. The summed E-state index contributed by atoms with van der Waals surface area (Å²) in [6.45, 7) is 5.41. The van der Waals surface area contributed by atoms with Crippen molar-refractivity contribution in [2.45, 2.75) is 38.3 Å². The lowest BCUT2D eigenvalue weighted by atomic mass is 9.98. The topological polar surface area (TPSA) is 68.5 Å². The van der Waals surface area contributed by atoms with Crippen molar-refractivity contribution in [3.8, 4) is 11.1 Å². The van der Waals surface area contributed by atoms with Crippen molar-refractivity contribution in [1.29, 1.82) is 0 Å². The van der Waals surface area contributed by atoms with Crippen LogP contribution in [0.25, 0.3) is 22.1 Å². The van der Waals surface area contributed by atoms with Gasteiger partial charge in [0.05, 0.1) is 19.4 Å². The van der Waals surface area contributed by atoms with Crippen molar-refractivity contribution in [3.63, 3.8) is 0 Å². The summed E-state index contributed by atoms with van der Waals surface area (Å²) < 4.78 is 34.7. The summed E-state index contributed by atoms with van der Waals surface area (Å²) in [5.74, 6) is 0. The Hall–Kier alpha value is -1.86. The zero-order valence-corrected chi connectivity index (χ0v) is 16.5. The maximum Gasteiger partial charge on any atom is 0.142 e. The van der Waals surface area contributed by atoms with Crippen LogP contribution in [0.1, 0.15) is 38.1 Å². The number of nitrogens with one attached hydrogen (secondary N) is 1. The molecule has 2 atom stereocenters. The van der Waals surface area contributed by atoms with Crippen LogP contribution in [0.4, 0.5) is 4.39 Å². The van der Waals surface area contributed by atoms with Crippen molar-refractivity contribution in [1.82, 2.24) is 4.72 Å². The van der Waals surface area contributed by atoms with Gasteiger partial charge in [0.15, 0.2) is 0 Å². The molecule has 0 radical (unpaired) electrons. The molecule has 1 heterocycles. The van der Waals surface area contributed by atoms with Gasteiger partial charge in [0.2, 0.25) is 0 Å². The van der Waals surface area contributed by atoms with Gasteiger partial charge in [0.25, 0.3) is 0 Å². The van der Waals surface area contributed by atoms with Gasteiger partial charge in [-0.3, -0.25) is 0 Å². The maximum absolute atomic E-state index is 14.7. The summed E-state index contributed by atoms with van der Waals surface area (Å²) in [6, 6.07) is 12.7. The molecule has 0 saturated carbocycles. The molecule has 27 heavy (non-hydrogen) atoms. The molecule has 2 N–H and O–H groups in total. The molecule has 4 nitrogen and oxygen atoms in total. The Kier molecular flexibility index (Phi) is 5.91. The SMILES string of the molecule is CC(C)(C)[S@@+]([O-])NC[C@H](F)c1cccc(-c2cc(CO)cc3ccoc23)c1. The van der Waals surface area contributed by atoms with Crippen molar-refractivity contribution in [2.24, 2.45) is 0 Å². The summed E-state index contributed by atoms with van der Waals surface area (Å²) in [4.78, 5) is 0. The monoisotopic (exact) mass is 389 g/mol. The lowest BCUT2D eigenvalue weighted by Crippen LogP contribution is -2.40. The van der Waals surface area contributed by atoms with Gasteiger partial charge in [-0.05, 0) is 61.7 Å². The van der Waals surface area contributed by atoms with E-state index < -0.39 is 22.3 Å². The van der Waals surface area contributed by atoms with Crippen molar-refractivity contribution < 1.29 is 18.5 Å². The lowest BCUT2D eigenvalue weighted by Gasteiger charge is -2.24. The molecule has 1 aromatic heterocycles. The van der Waals surface area contributed by atoms with E-state index in [2.05, 4.69) is 4.72 Å². The van der Waals surface area contributed by atoms with E-state index in [0.717, 1.165) is 22.1 Å². The van der Waals surface area contributed by atoms with E-state index in [4.69, 9.17) is 4.42 Å². The average molecular weight is 389 g/mol. The minimum absolute atomic E-state index is 0.0276. The molecule has 0 fully saturated rings. The van der Waals surface area contributed by atoms with E-state index in [-0.39, 0.29) is 13.2 Å². The summed E-state index contributed by atoms with van der Waals surface area (Å²) >= 11 is -1.32. The van der Waals surface area contributed by atoms with Crippen molar-refractivity contribution in [2.75, 3.05) is 6.54 Å². The van der Waals surface area contributed by atoms with E-state index in [1.807, 2.05) is 45.0 Å². The molecule has 0 bridgehead atoms. The Morgan fingerprint density at radius 3 is 2.70 bits per heavy atom. The number of halogens is 1. The van der Waals surface area contributed by atoms with Crippen LogP contribution >= 0.6 is 0 Å². The highest BCUT2D eigenvalue weighted by Gasteiger charge is 2.27. The predicted molar refractivity (Wildman–Crippen MR) is 107 cm³/mol. The van der Waals surface area contributed by atoms with E-state index in [9.17, 15) is 14.0 Å². The van der Waals surface area contributed by atoms with Gasteiger partial charge in [-0.1, -0.05) is 18.2 Å². The zero-order valence-electron chi connectivity index (χ0n) is 15.7. The predicted octanol–water partition coefficient (Wildman–Crippen LogP) is 4.65. The molecule has 0 spiro atoms. The first-order chi connectivity index (χ1) is 12.8. The lowest BCUT2D eigenvalue weighted by molar-refractivity contribution is 0.282. The van der Waals surface area contributed by atoms with E-state index in [1.54, 1.807) is 24.5 Å². The number of aliphatic hydroxyl groups is 1. The highest BCUT2D eigenvalue weighted by molar-refractivity contribution is 7.90. The minimum Gasteiger partial charge on any atom is -0.598 e.